The normalized spacial score (nSPS) is 13.5. The second-order valence-corrected chi connectivity index (χ2v) is 7.57. The topological polar surface area (TPSA) is 77.0 Å². The Kier molecular flexibility index (Phi) is 7.24. The van der Waals surface area contributed by atoms with E-state index in [0.29, 0.717) is 38.5 Å². The van der Waals surface area contributed by atoms with E-state index in [1.165, 1.54) is 0 Å². The molecule has 8 heteroatoms. The highest BCUT2D eigenvalue weighted by molar-refractivity contribution is 5.78. The van der Waals surface area contributed by atoms with Crippen molar-refractivity contribution in [1.29, 1.82) is 0 Å². The summed E-state index contributed by atoms with van der Waals surface area (Å²) in [5, 5.41) is 8.77. The largest absolute Gasteiger partial charge is 0.497 e. The predicted octanol–water partition coefficient (Wildman–Crippen LogP) is 3.28. The van der Waals surface area contributed by atoms with Gasteiger partial charge in [-0.2, -0.15) is 0 Å². The fourth-order valence-corrected chi connectivity index (χ4v) is 3.65. The summed E-state index contributed by atoms with van der Waals surface area (Å²) in [4.78, 5) is 16.5. The molecule has 172 valence electrons. The van der Waals surface area contributed by atoms with E-state index in [4.69, 9.17) is 14.2 Å². The number of amides is 1. The molecule has 33 heavy (non-hydrogen) atoms. The number of piperazine rings is 1. The maximum Gasteiger partial charge on any atom is 0.260 e. The van der Waals surface area contributed by atoms with Crippen LogP contribution in [0.1, 0.15) is 6.92 Å². The number of carbonyl (C=O) groups is 1. The maximum atomic E-state index is 12.6. The van der Waals surface area contributed by atoms with Crippen molar-refractivity contribution in [3.8, 4) is 28.5 Å². The van der Waals surface area contributed by atoms with Gasteiger partial charge >= 0.3 is 0 Å². The molecule has 0 aliphatic carbocycles. The first-order valence-corrected chi connectivity index (χ1v) is 11.0. The monoisotopic (exact) mass is 448 g/mol. The van der Waals surface area contributed by atoms with Crippen LogP contribution in [-0.2, 0) is 4.79 Å². The summed E-state index contributed by atoms with van der Waals surface area (Å²) in [6, 6.07) is 19.0. The molecule has 8 nitrogen and oxygen atoms in total. The molecule has 0 unspecified atom stereocenters. The number of anilines is 1. The summed E-state index contributed by atoms with van der Waals surface area (Å²) in [5.41, 5.74) is 1.79. The molecule has 0 N–H and O–H groups in total. The third-order valence-corrected chi connectivity index (χ3v) is 5.47. The van der Waals surface area contributed by atoms with Crippen LogP contribution in [0, 0.1) is 0 Å². The summed E-state index contributed by atoms with van der Waals surface area (Å²) in [5.74, 6) is 2.94. The molecule has 0 saturated carbocycles. The summed E-state index contributed by atoms with van der Waals surface area (Å²) < 4.78 is 16.3. The Bertz CT molecular complexity index is 1050. The number of hydrogen-bond donors (Lipinski definition) is 0. The first-order chi connectivity index (χ1) is 16.2. The summed E-state index contributed by atoms with van der Waals surface area (Å²) >= 11 is 0. The van der Waals surface area contributed by atoms with E-state index in [1.54, 1.807) is 13.2 Å². The van der Waals surface area contributed by atoms with Crippen LogP contribution in [0.4, 0.5) is 5.82 Å². The minimum Gasteiger partial charge on any atom is -0.497 e. The van der Waals surface area contributed by atoms with Crippen molar-refractivity contribution in [2.45, 2.75) is 6.92 Å². The predicted molar refractivity (Wildman–Crippen MR) is 126 cm³/mol. The zero-order valence-electron chi connectivity index (χ0n) is 18.9. The SMILES string of the molecule is CCOc1cccc(OCC(=O)N2CCN(c3ccc(-c4ccc(OC)cc4)nn3)CC2)c1. The van der Waals surface area contributed by atoms with E-state index in [1.807, 2.05) is 66.4 Å². The third kappa shape index (κ3) is 5.71. The van der Waals surface area contributed by atoms with E-state index in [9.17, 15) is 4.79 Å². The number of rotatable bonds is 8. The molecular weight excluding hydrogens is 420 g/mol. The lowest BCUT2D eigenvalue weighted by Crippen LogP contribution is -2.50. The van der Waals surface area contributed by atoms with Gasteiger partial charge in [0.15, 0.2) is 12.4 Å². The molecule has 0 atom stereocenters. The van der Waals surface area contributed by atoms with Gasteiger partial charge in [0.25, 0.3) is 5.91 Å². The van der Waals surface area contributed by atoms with Crippen LogP contribution in [0.3, 0.4) is 0 Å². The Labute approximate surface area is 193 Å². The molecule has 4 rings (SSSR count). The van der Waals surface area contributed by atoms with Gasteiger partial charge in [-0.1, -0.05) is 6.07 Å². The third-order valence-electron chi connectivity index (χ3n) is 5.47. The quantitative estimate of drug-likeness (QED) is 0.523. The molecule has 2 aromatic carbocycles. The molecule has 1 saturated heterocycles. The van der Waals surface area contributed by atoms with E-state index in [-0.39, 0.29) is 12.5 Å². The number of nitrogens with zero attached hydrogens (tertiary/aromatic N) is 4. The summed E-state index contributed by atoms with van der Waals surface area (Å²) in [7, 11) is 1.64. The zero-order chi connectivity index (χ0) is 23.0. The number of hydrogen-bond acceptors (Lipinski definition) is 7. The van der Waals surface area contributed by atoms with Crippen molar-refractivity contribution in [2.75, 3.05) is 51.4 Å². The number of aromatic nitrogens is 2. The first-order valence-electron chi connectivity index (χ1n) is 11.0. The first kappa shape index (κ1) is 22.4. The lowest BCUT2D eigenvalue weighted by atomic mass is 10.1. The second kappa shape index (κ2) is 10.7. The highest BCUT2D eigenvalue weighted by Gasteiger charge is 2.22. The van der Waals surface area contributed by atoms with Gasteiger partial charge in [0.2, 0.25) is 0 Å². The van der Waals surface area contributed by atoms with Crippen molar-refractivity contribution >= 4 is 11.7 Å². The Balaban J connectivity index is 1.27. The standard InChI is InChI=1S/C25H28N4O4/c1-3-32-21-5-4-6-22(17-21)33-18-25(30)29-15-13-28(14-16-29)24-12-11-23(26-27-24)19-7-9-20(31-2)10-8-19/h4-12,17H,3,13-16,18H2,1-2H3. The fourth-order valence-electron chi connectivity index (χ4n) is 3.65. The highest BCUT2D eigenvalue weighted by atomic mass is 16.5. The minimum atomic E-state index is -0.0302. The van der Waals surface area contributed by atoms with Gasteiger partial charge in [0.1, 0.15) is 17.2 Å². The Morgan fingerprint density at radius 2 is 1.61 bits per heavy atom. The molecule has 2 heterocycles. The maximum absolute atomic E-state index is 12.6. The molecule has 0 spiro atoms. The number of carbonyl (C=O) groups excluding carboxylic acids is 1. The number of methoxy groups -OCH3 is 1. The van der Waals surface area contributed by atoms with E-state index < -0.39 is 0 Å². The highest BCUT2D eigenvalue weighted by Crippen LogP contribution is 2.22. The molecule has 3 aromatic rings. The fraction of sp³-hybridized carbons (Fsp3) is 0.320. The van der Waals surface area contributed by atoms with E-state index in [0.717, 1.165) is 28.6 Å². The Morgan fingerprint density at radius 1 is 0.879 bits per heavy atom. The second-order valence-electron chi connectivity index (χ2n) is 7.57. The van der Waals surface area contributed by atoms with Crippen molar-refractivity contribution in [1.82, 2.24) is 15.1 Å². The molecule has 1 fully saturated rings. The van der Waals surface area contributed by atoms with Crippen LogP contribution in [0.2, 0.25) is 0 Å². The molecule has 1 aliphatic rings. The van der Waals surface area contributed by atoms with Crippen molar-refractivity contribution in [3.63, 3.8) is 0 Å². The molecule has 0 bridgehead atoms. The van der Waals surface area contributed by atoms with Crippen LogP contribution in [-0.4, -0.2) is 67.5 Å². The van der Waals surface area contributed by atoms with E-state index in [2.05, 4.69) is 15.1 Å². The van der Waals surface area contributed by atoms with Crippen LogP contribution in [0.25, 0.3) is 11.3 Å². The molecular formula is C25H28N4O4. The van der Waals surface area contributed by atoms with Gasteiger partial charge in [-0.3, -0.25) is 4.79 Å². The van der Waals surface area contributed by atoms with Crippen molar-refractivity contribution < 1.29 is 19.0 Å². The van der Waals surface area contributed by atoms with Crippen molar-refractivity contribution in [2.24, 2.45) is 0 Å². The van der Waals surface area contributed by atoms with Crippen LogP contribution in [0.5, 0.6) is 17.2 Å². The van der Waals surface area contributed by atoms with Crippen LogP contribution >= 0.6 is 0 Å². The van der Waals surface area contributed by atoms with Gasteiger partial charge in [-0.05, 0) is 55.5 Å². The average Bonchev–Trinajstić information content (AvgIpc) is 2.88. The molecule has 1 aliphatic heterocycles. The summed E-state index contributed by atoms with van der Waals surface area (Å²) in [6.07, 6.45) is 0. The van der Waals surface area contributed by atoms with Gasteiger partial charge in [0, 0.05) is 37.8 Å². The van der Waals surface area contributed by atoms with Gasteiger partial charge in [-0.15, -0.1) is 10.2 Å². The summed E-state index contributed by atoms with van der Waals surface area (Å²) in [6.45, 7) is 5.14. The zero-order valence-corrected chi connectivity index (χ0v) is 18.9. The van der Waals surface area contributed by atoms with Gasteiger partial charge in [-0.25, -0.2) is 0 Å². The van der Waals surface area contributed by atoms with Crippen molar-refractivity contribution in [3.05, 3.63) is 60.7 Å². The molecule has 1 amide bonds. The van der Waals surface area contributed by atoms with E-state index >= 15 is 0 Å². The van der Waals surface area contributed by atoms with Gasteiger partial charge < -0.3 is 24.0 Å². The number of ether oxygens (including phenoxy) is 3. The molecule has 0 radical (unpaired) electrons. The average molecular weight is 449 g/mol. The lowest BCUT2D eigenvalue weighted by molar-refractivity contribution is -0.133. The minimum absolute atomic E-state index is 0.00589. The van der Waals surface area contributed by atoms with Gasteiger partial charge in [0.05, 0.1) is 19.4 Å². The number of benzene rings is 2. The Hall–Kier alpha value is -3.81. The Morgan fingerprint density at radius 3 is 2.24 bits per heavy atom. The van der Waals surface area contributed by atoms with Crippen LogP contribution < -0.4 is 19.1 Å². The lowest BCUT2D eigenvalue weighted by Gasteiger charge is -2.35. The molecule has 1 aromatic heterocycles. The smallest absolute Gasteiger partial charge is 0.260 e. The van der Waals surface area contributed by atoms with Crippen LogP contribution in [0.15, 0.2) is 60.7 Å².